The Labute approximate surface area is 379 Å². The predicted molar refractivity (Wildman–Crippen MR) is 270 cm³/mol. The van der Waals surface area contributed by atoms with E-state index < -0.39 is 0 Å². The number of anilines is 3. The van der Waals surface area contributed by atoms with Crippen molar-refractivity contribution in [2.75, 3.05) is 4.90 Å². The van der Waals surface area contributed by atoms with Crippen molar-refractivity contribution in [1.29, 1.82) is 0 Å². The summed E-state index contributed by atoms with van der Waals surface area (Å²) in [7, 11) is 0. The fraction of sp³-hybridized carbons (Fsp3) is 0.0492. The second-order valence-electron chi connectivity index (χ2n) is 17.4. The summed E-state index contributed by atoms with van der Waals surface area (Å²) >= 11 is 0. The Morgan fingerprint density at radius 2 is 0.954 bits per heavy atom. The van der Waals surface area contributed by atoms with Crippen LogP contribution in [0.25, 0.3) is 83.6 Å². The van der Waals surface area contributed by atoms with E-state index in [9.17, 15) is 0 Å². The molecule has 0 spiro atoms. The highest BCUT2D eigenvalue weighted by Crippen LogP contribution is 2.54. The van der Waals surface area contributed by atoms with Crippen LogP contribution in [0.1, 0.15) is 25.0 Å². The number of hydrogen-bond acceptors (Lipinski definition) is 3. The molecule has 0 N–H and O–H groups in total. The van der Waals surface area contributed by atoms with E-state index in [0.717, 1.165) is 66.9 Å². The normalized spacial score (nSPS) is 12.6. The van der Waals surface area contributed by atoms with E-state index in [1.165, 1.54) is 39.1 Å². The van der Waals surface area contributed by atoms with Crippen LogP contribution in [0.15, 0.2) is 231 Å². The highest BCUT2D eigenvalue weighted by molar-refractivity contribution is 6.15. The number of para-hydroxylation sites is 1. The Kier molecular flexibility index (Phi) is 9.13. The molecular formula is C61H44N4. The highest BCUT2D eigenvalue weighted by atomic mass is 15.1. The van der Waals surface area contributed by atoms with Gasteiger partial charge in [0.05, 0.1) is 22.3 Å². The number of fused-ring (bicyclic) bond motifs is 6. The molecule has 2 aromatic heterocycles. The Balaban J connectivity index is 1.03. The van der Waals surface area contributed by atoms with Gasteiger partial charge in [0.15, 0.2) is 5.82 Å². The van der Waals surface area contributed by atoms with Gasteiger partial charge < -0.3 is 4.90 Å². The minimum Gasteiger partial charge on any atom is -0.310 e. The summed E-state index contributed by atoms with van der Waals surface area (Å²) in [6.07, 6.45) is 0. The molecule has 65 heavy (non-hydrogen) atoms. The Morgan fingerprint density at radius 3 is 1.62 bits per heavy atom. The number of hydrogen-bond donors (Lipinski definition) is 0. The first-order valence-electron chi connectivity index (χ1n) is 22.3. The van der Waals surface area contributed by atoms with Crippen LogP contribution in [-0.2, 0) is 5.41 Å². The van der Waals surface area contributed by atoms with Crippen LogP contribution in [0.3, 0.4) is 0 Å². The summed E-state index contributed by atoms with van der Waals surface area (Å²) in [6.45, 7) is 4.70. The van der Waals surface area contributed by atoms with Gasteiger partial charge in [0.2, 0.25) is 0 Å². The molecule has 11 aromatic rings. The van der Waals surface area contributed by atoms with Gasteiger partial charge in [0, 0.05) is 44.6 Å². The van der Waals surface area contributed by atoms with Crippen molar-refractivity contribution in [3.63, 3.8) is 0 Å². The summed E-state index contributed by atoms with van der Waals surface area (Å²) in [6, 6.07) is 82.5. The highest BCUT2D eigenvalue weighted by Gasteiger charge is 2.37. The maximum Gasteiger partial charge on any atom is 0.162 e. The molecule has 0 radical (unpaired) electrons. The van der Waals surface area contributed by atoms with Gasteiger partial charge >= 0.3 is 0 Å². The molecule has 0 atom stereocenters. The van der Waals surface area contributed by atoms with E-state index in [1.807, 2.05) is 18.2 Å². The molecule has 1 aliphatic carbocycles. The standard InChI is InChI=1S/C61H44N4/c1-61(2)52-27-16-15-26-50(52)56-53(61)28-17-29-55(56)64(48-35-30-42(31-36-48)41-18-7-3-8-19-41)49-37-32-43(33-38-49)46-34-39-54-51(40-46)57-58(44-20-9-4-10-21-44)62-59(45-22-11-5-12-23-45)63-60(57)65(54)47-24-13-6-14-25-47/h3-40H,1-2H3. The third kappa shape index (κ3) is 6.45. The number of benzene rings is 9. The second kappa shape index (κ2) is 15.5. The van der Waals surface area contributed by atoms with Crippen LogP contribution >= 0.6 is 0 Å². The Hall–Kier alpha value is -8.34. The SMILES string of the molecule is CC1(C)c2ccccc2-c2c(N(c3ccc(-c4ccccc4)cc3)c3ccc(-c4ccc5c(c4)c4c(-c6ccccc6)nc(-c6ccccc6)nc4n5-c4ccccc4)cc3)cccc21. The molecule has 0 unspecified atom stereocenters. The zero-order valence-corrected chi connectivity index (χ0v) is 36.2. The molecule has 0 saturated heterocycles. The fourth-order valence-corrected chi connectivity index (χ4v) is 10.0. The van der Waals surface area contributed by atoms with Gasteiger partial charge in [0.25, 0.3) is 0 Å². The van der Waals surface area contributed by atoms with Crippen LogP contribution in [0, 0.1) is 0 Å². The molecule has 4 heteroatoms. The van der Waals surface area contributed by atoms with Crippen LogP contribution in [0.4, 0.5) is 17.1 Å². The molecule has 0 aliphatic heterocycles. The quantitative estimate of drug-likeness (QED) is 0.153. The summed E-state index contributed by atoms with van der Waals surface area (Å²) < 4.78 is 2.29. The predicted octanol–water partition coefficient (Wildman–Crippen LogP) is 16.0. The topological polar surface area (TPSA) is 34.0 Å². The average molecular weight is 833 g/mol. The molecule has 4 nitrogen and oxygen atoms in total. The average Bonchev–Trinajstić information content (AvgIpc) is 3.83. The van der Waals surface area contributed by atoms with E-state index >= 15 is 0 Å². The molecule has 12 rings (SSSR count). The zero-order valence-electron chi connectivity index (χ0n) is 36.2. The minimum atomic E-state index is -0.120. The van der Waals surface area contributed by atoms with Crippen molar-refractivity contribution < 1.29 is 0 Å². The van der Waals surface area contributed by atoms with E-state index in [2.05, 4.69) is 236 Å². The molecule has 2 heterocycles. The van der Waals surface area contributed by atoms with E-state index in [0.29, 0.717) is 5.82 Å². The van der Waals surface area contributed by atoms with Gasteiger partial charge in [-0.05, 0) is 93.5 Å². The first-order chi connectivity index (χ1) is 32.0. The maximum atomic E-state index is 5.35. The lowest BCUT2D eigenvalue weighted by Crippen LogP contribution is -2.16. The van der Waals surface area contributed by atoms with Crippen molar-refractivity contribution >= 4 is 39.0 Å². The summed E-state index contributed by atoms with van der Waals surface area (Å²) in [5.41, 5.74) is 19.1. The monoisotopic (exact) mass is 832 g/mol. The summed E-state index contributed by atoms with van der Waals surface area (Å²) in [5, 5.41) is 2.13. The van der Waals surface area contributed by atoms with Gasteiger partial charge in [-0.1, -0.05) is 190 Å². The molecule has 0 bridgehead atoms. The van der Waals surface area contributed by atoms with Gasteiger partial charge in [-0.25, -0.2) is 9.97 Å². The fourth-order valence-electron chi connectivity index (χ4n) is 10.0. The Morgan fingerprint density at radius 1 is 0.431 bits per heavy atom. The number of aromatic nitrogens is 3. The molecule has 0 fully saturated rings. The van der Waals surface area contributed by atoms with Crippen molar-refractivity contribution in [3.8, 4) is 61.7 Å². The zero-order chi connectivity index (χ0) is 43.5. The first kappa shape index (κ1) is 38.3. The number of nitrogens with zero attached hydrogens (tertiary/aromatic N) is 4. The molecule has 308 valence electrons. The third-order valence-corrected chi connectivity index (χ3v) is 13.2. The van der Waals surface area contributed by atoms with Crippen molar-refractivity contribution in [2.24, 2.45) is 0 Å². The second-order valence-corrected chi connectivity index (χ2v) is 17.4. The maximum absolute atomic E-state index is 5.35. The van der Waals surface area contributed by atoms with Gasteiger partial charge in [-0.3, -0.25) is 4.57 Å². The summed E-state index contributed by atoms with van der Waals surface area (Å²) in [4.78, 5) is 13.1. The smallest absolute Gasteiger partial charge is 0.162 e. The van der Waals surface area contributed by atoms with Crippen LogP contribution in [0.5, 0.6) is 0 Å². The van der Waals surface area contributed by atoms with E-state index in [4.69, 9.17) is 9.97 Å². The molecule has 0 saturated carbocycles. The molecule has 9 aromatic carbocycles. The molecule has 1 aliphatic rings. The van der Waals surface area contributed by atoms with E-state index in [-0.39, 0.29) is 5.41 Å². The lowest BCUT2D eigenvalue weighted by Gasteiger charge is -2.29. The van der Waals surface area contributed by atoms with Crippen LogP contribution < -0.4 is 4.90 Å². The van der Waals surface area contributed by atoms with Crippen molar-refractivity contribution in [2.45, 2.75) is 19.3 Å². The van der Waals surface area contributed by atoms with Gasteiger partial charge in [-0.2, -0.15) is 0 Å². The van der Waals surface area contributed by atoms with Gasteiger partial charge in [0.1, 0.15) is 5.65 Å². The van der Waals surface area contributed by atoms with Crippen LogP contribution in [0.2, 0.25) is 0 Å². The van der Waals surface area contributed by atoms with Gasteiger partial charge in [-0.15, -0.1) is 0 Å². The minimum absolute atomic E-state index is 0.120. The first-order valence-corrected chi connectivity index (χ1v) is 22.3. The summed E-state index contributed by atoms with van der Waals surface area (Å²) in [5.74, 6) is 0.697. The lowest BCUT2D eigenvalue weighted by molar-refractivity contribution is 0.660. The Bertz CT molecular complexity index is 3520. The number of rotatable bonds is 8. The van der Waals surface area contributed by atoms with E-state index in [1.54, 1.807) is 0 Å². The molecule has 0 amide bonds. The lowest BCUT2D eigenvalue weighted by atomic mass is 9.82. The molecular weight excluding hydrogens is 789 g/mol. The third-order valence-electron chi connectivity index (χ3n) is 13.2. The van der Waals surface area contributed by atoms with Crippen molar-refractivity contribution in [1.82, 2.24) is 14.5 Å². The van der Waals surface area contributed by atoms with Crippen molar-refractivity contribution in [3.05, 3.63) is 242 Å². The largest absolute Gasteiger partial charge is 0.310 e. The van der Waals surface area contributed by atoms with Crippen LogP contribution in [-0.4, -0.2) is 14.5 Å².